The van der Waals surface area contributed by atoms with E-state index in [1.165, 1.54) is 0 Å². The molecule has 2 heterocycles. The normalized spacial score (nSPS) is 10.6. The minimum atomic E-state index is 0.144. The Morgan fingerprint density at radius 3 is 1.72 bits per heavy atom. The Morgan fingerprint density at radius 1 is 0.640 bits per heavy atom. The Hall–Kier alpha value is -3.60. The van der Waals surface area contributed by atoms with Gasteiger partial charge in [0.15, 0.2) is 0 Å². The third kappa shape index (κ3) is 3.21. The Balaban J connectivity index is 1.92. The summed E-state index contributed by atoms with van der Waals surface area (Å²) < 4.78 is 1.68. The quantitative estimate of drug-likeness (QED) is 0.587. The second kappa shape index (κ2) is 6.49. The zero-order valence-electron chi connectivity index (χ0n) is 13.3. The minimum Gasteiger partial charge on any atom is -0.505 e. The summed E-state index contributed by atoms with van der Waals surface area (Å²) in [6.45, 7) is 0. The highest BCUT2D eigenvalue weighted by atomic mass is 16.3. The van der Waals surface area contributed by atoms with Gasteiger partial charge in [-0.25, -0.2) is 4.57 Å². The van der Waals surface area contributed by atoms with Crippen LogP contribution in [0.4, 0.5) is 0 Å². The highest BCUT2D eigenvalue weighted by Gasteiger charge is 2.19. The lowest BCUT2D eigenvalue weighted by Crippen LogP contribution is -2.32. The van der Waals surface area contributed by atoms with Gasteiger partial charge in [0.25, 0.3) is 0 Å². The van der Waals surface area contributed by atoms with E-state index < -0.39 is 0 Å². The molecule has 120 valence electrons. The van der Waals surface area contributed by atoms with Crippen molar-refractivity contribution in [2.24, 2.45) is 0 Å². The summed E-state index contributed by atoms with van der Waals surface area (Å²) >= 11 is 0. The third-order valence-corrected chi connectivity index (χ3v) is 3.70. The van der Waals surface area contributed by atoms with Crippen molar-refractivity contribution in [3.05, 3.63) is 85.2 Å². The fraction of sp³-hybridized carbons (Fsp3) is 0. The summed E-state index contributed by atoms with van der Waals surface area (Å²) in [6.07, 6.45) is 3.36. The lowest BCUT2D eigenvalue weighted by molar-refractivity contribution is -0.604. The molecule has 0 unspecified atom stereocenters. The fourth-order valence-corrected chi connectivity index (χ4v) is 2.50. The summed E-state index contributed by atoms with van der Waals surface area (Å²) in [5, 5.41) is 9.76. The number of aromatic nitrogens is 4. The zero-order valence-corrected chi connectivity index (χ0v) is 13.3. The first-order chi connectivity index (χ1) is 12.3. The average Bonchev–Trinajstić information content (AvgIpc) is 2.69. The van der Waals surface area contributed by atoms with Crippen LogP contribution in [0.15, 0.2) is 85.2 Å². The molecule has 5 nitrogen and oxygen atoms in total. The molecule has 0 amide bonds. The van der Waals surface area contributed by atoms with Gasteiger partial charge in [-0.3, -0.25) is 0 Å². The molecule has 0 fully saturated rings. The van der Waals surface area contributed by atoms with E-state index in [1.807, 2.05) is 60.7 Å². The number of aromatic hydroxyl groups is 1. The molecule has 4 aromatic rings. The van der Waals surface area contributed by atoms with E-state index in [2.05, 4.69) is 15.0 Å². The monoisotopic (exact) mass is 327 g/mol. The van der Waals surface area contributed by atoms with Crippen molar-refractivity contribution in [2.75, 3.05) is 0 Å². The smallest absolute Gasteiger partial charge is 0.441 e. The molecule has 5 heteroatoms. The van der Waals surface area contributed by atoms with E-state index in [9.17, 15) is 5.11 Å². The van der Waals surface area contributed by atoms with Crippen molar-refractivity contribution in [2.45, 2.75) is 0 Å². The largest absolute Gasteiger partial charge is 0.505 e. The third-order valence-electron chi connectivity index (χ3n) is 3.70. The van der Waals surface area contributed by atoms with Crippen molar-refractivity contribution in [3.8, 4) is 34.5 Å². The summed E-state index contributed by atoms with van der Waals surface area (Å²) in [7, 11) is 0. The van der Waals surface area contributed by atoms with Gasteiger partial charge in [-0.2, -0.15) is 4.98 Å². The molecule has 2 aromatic heterocycles. The van der Waals surface area contributed by atoms with E-state index in [-0.39, 0.29) is 5.75 Å². The first-order valence-corrected chi connectivity index (χ1v) is 7.87. The molecule has 0 spiro atoms. The van der Waals surface area contributed by atoms with E-state index in [0.717, 1.165) is 11.1 Å². The molecule has 4 rings (SSSR count). The highest BCUT2D eigenvalue weighted by Crippen LogP contribution is 2.20. The van der Waals surface area contributed by atoms with Crippen molar-refractivity contribution >= 4 is 0 Å². The lowest BCUT2D eigenvalue weighted by atomic mass is 10.2. The second-order valence-electron chi connectivity index (χ2n) is 5.48. The van der Waals surface area contributed by atoms with Crippen molar-refractivity contribution in [3.63, 3.8) is 0 Å². The maximum Gasteiger partial charge on any atom is 0.441 e. The van der Waals surface area contributed by atoms with Crippen LogP contribution < -0.4 is 4.57 Å². The van der Waals surface area contributed by atoms with Gasteiger partial charge in [-0.15, -0.1) is 0 Å². The van der Waals surface area contributed by atoms with E-state index >= 15 is 0 Å². The molecule has 0 aliphatic rings. The number of benzene rings is 2. The maximum atomic E-state index is 9.76. The number of pyridine rings is 1. The van der Waals surface area contributed by atoms with Crippen molar-refractivity contribution < 1.29 is 9.67 Å². The summed E-state index contributed by atoms with van der Waals surface area (Å²) in [6, 6.07) is 22.9. The van der Waals surface area contributed by atoms with Crippen LogP contribution in [0.5, 0.6) is 5.75 Å². The number of nitrogens with zero attached hydrogens (tertiary/aromatic N) is 4. The van der Waals surface area contributed by atoms with E-state index in [1.54, 1.807) is 29.1 Å². The minimum absolute atomic E-state index is 0.144. The molecule has 0 aliphatic carbocycles. The standard InChI is InChI=1S/C20H14N4O/c25-17-12-7-13-24(14-17)20-22-18(15-8-3-1-4-9-15)21-19(23-20)16-10-5-2-6-11-16/h1-14H/p+1. The molecule has 0 saturated carbocycles. The van der Waals surface area contributed by atoms with Crippen molar-refractivity contribution in [1.82, 2.24) is 15.0 Å². The van der Waals surface area contributed by atoms with Crippen LogP contribution in [0.3, 0.4) is 0 Å². The van der Waals surface area contributed by atoms with Gasteiger partial charge in [-0.05, 0) is 46.4 Å². The molecule has 0 radical (unpaired) electrons. The highest BCUT2D eigenvalue weighted by molar-refractivity contribution is 5.61. The molecule has 0 aliphatic heterocycles. The second-order valence-corrected chi connectivity index (χ2v) is 5.48. The van der Waals surface area contributed by atoms with Crippen LogP contribution in [0.25, 0.3) is 28.7 Å². The molecule has 2 aromatic carbocycles. The first kappa shape index (κ1) is 15.0. The van der Waals surface area contributed by atoms with Gasteiger partial charge in [0.1, 0.15) is 11.9 Å². The van der Waals surface area contributed by atoms with Gasteiger partial charge < -0.3 is 5.11 Å². The maximum absolute atomic E-state index is 9.76. The SMILES string of the molecule is Oc1ccc[n+](-c2nc(-c3ccccc3)nc(-c3ccccc3)n2)c1. The van der Waals surface area contributed by atoms with Gasteiger partial charge in [-0.1, -0.05) is 36.4 Å². The van der Waals surface area contributed by atoms with Crippen LogP contribution in [0.2, 0.25) is 0 Å². The lowest BCUT2D eigenvalue weighted by Gasteiger charge is -2.02. The molecule has 0 atom stereocenters. The Bertz CT molecular complexity index is 947. The zero-order chi connectivity index (χ0) is 17.1. The summed E-state index contributed by atoms with van der Waals surface area (Å²) in [4.78, 5) is 13.8. The fourth-order valence-electron chi connectivity index (χ4n) is 2.50. The van der Waals surface area contributed by atoms with Gasteiger partial charge >= 0.3 is 5.95 Å². The van der Waals surface area contributed by atoms with E-state index in [0.29, 0.717) is 17.6 Å². The number of hydrogen-bond donors (Lipinski definition) is 1. The number of rotatable bonds is 3. The van der Waals surface area contributed by atoms with Gasteiger partial charge in [0.2, 0.25) is 11.6 Å². The summed E-state index contributed by atoms with van der Waals surface area (Å²) in [5.41, 5.74) is 1.81. The molecule has 0 saturated heterocycles. The predicted molar refractivity (Wildman–Crippen MR) is 93.9 cm³/mol. The van der Waals surface area contributed by atoms with Crippen molar-refractivity contribution in [1.29, 1.82) is 0 Å². The molecular formula is C20H15N4O+. The van der Waals surface area contributed by atoms with E-state index in [4.69, 9.17) is 0 Å². The number of hydrogen-bond acceptors (Lipinski definition) is 4. The average molecular weight is 327 g/mol. The Morgan fingerprint density at radius 2 is 1.20 bits per heavy atom. The summed E-state index contributed by atoms with van der Waals surface area (Å²) in [5.74, 6) is 1.76. The van der Waals surface area contributed by atoms with Crippen LogP contribution in [-0.2, 0) is 0 Å². The van der Waals surface area contributed by atoms with Crippen LogP contribution >= 0.6 is 0 Å². The molecule has 25 heavy (non-hydrogen) atoms. The first-order valence-electron chi connectivity index (χ1n) is 7.87. The van der Waals surface area contributed by atoms with Crippen LogP contribution in [0, 0.1) is 0 Å². The van der Waals surface area contributed by atoms with Gasteiger partial charge in [0.05, 0.1) is 6.20 Å². The van der Waals surface area contributed by atoms with Crippen LogP contribution in [-0.4, -0.2) is 20.1 Å². The molecule has 0 bridgehead atoms. The topological polar surface area (TPSA) is 62.8 Å². The molecular weight excluding hydrogens is 312 g/mol. The predicted octanol–water partition coefficient (Wildman–Crippen LogP) is 3.19. The Labute approximate surface area is 144 Å². The van der Waals surface area contributed by atoms with Crippen LogP contribution in [0.1, 0.15) is 0 Å². The Kier molecular flexibility index (Phi) is 3.88. The molecule has 1 N–H and O–H groups in total. The van der Waals surface area contributed by atoms with Gasteiger partial charge in [0, 0.05) is 11.1 Å².